The van der Waals surface area contributed by atoms with Gasteiger partial charge < -0.3 is 10.5 Å². The van der Waals surface area contributed by atoms with Gasteiger partial charge in [-0.15, -0.1) is 0 Å². The van der Waals surface area contributed by atoms with Gasteiger partial charge in [-0.1, -0.05) is 51.3 Å². The van der Waals surface area contributed by atoms with Gasteiger partial charge in [0.1, 0.15) is 5.75 Å². The molecule has 0 fully saturated rings. The fourth-order valence-electron chi connectivity index (χ4n) is 2.82. The van der Waals surface area contributed by atoms with E-state index in [1.54, 1.807) is 7.11 Å². The molecule has 0 spiro atoms. The Balaban J connectivity index is 3.10. The lowest BCUT2D eigenvalue weighted by molar-refractivity contribution is 0.171. The number of methoxy groups -OCH3 is 1. The SMILES string of the molecule is CCC(CC)CN(CC)C(CN)c1c(Cl)cccc1OC. The number of hydrogen-bond donors (Lipinski definition) is 1. The minimum atomic E-state index is 0.0965. The maximum absolute atomic E-state index is 6.42. The van der Waals surface area contributed by atoms with Crippen molar-refractivity contribution in [2.75, 3.05) is 26.7 Å². The zero-order chi connectivity index (χ0) is 15.8. The van der Waals surface area contributed by atoms with Crippen molar-refractivity contribution < 1.29 is 4.74 Å². The smallest absolute Gasteiger partial charge is 0.125 e. The molecule has 0 aromatic heterocycles. The van der Waals surface area contributed by atoms with Gasteiger partial charge in [0.15, 0.2) is 0 Å². The molecule has 2 N–H and O–H groups in total. The zero-order valence-corrected chi connectivity index (χ0v) is 14.5. The molecule has 1 atom stereocenters. The van der Waals surface area contributed by atoms with Crippen molar-refractivity contribution >= 4 is 11.6 Å². The number of ether oxygens (including phenoxy) is 1. The molecule has 1 rings (SSSR count). The van der Waals surface area contributed by atoms with E-state index in [0.29, 0.717) is 12.5 Å². The number of halogens is 1. The average molecular weight is 313 g/mol. The van der Waals surface area contributed by atoms with Crippen molar-refractivity contribution in [2.24, 2.45) is 11.7 Å². The van der Waals surface area contributed by atoms with Crippen LogP contribution in [0.15, 0.2) is 18.2 Å². The molecule has 0 aliphatic heterocycles. The quantitative estimate of drug-likeness (QED) is 0.746. The van der Waals surface area contributed by atoms with Gasteiger partial charge in [0, 0.05) is 23.7 Å². The molecule has 1 unspecified atom stereocenters. The Morgan fingerprint density at radius 2 is 1.90 bits per heavy atom. The molecule has 0 saturated heterocycles. The van der Waals surface area contributed by atoms with E-state index in [2.05, 4.69) is 25.7 Å². The van der Waals surface area contributed by atoms with Crippen molar-refractivity contribution in [3.05, 3.63) is 28.8 Å². The number of benzene rings is 1. The number of rotatable bonds is 9. The van der Waals surface area contributed by atoms with Gasteiger partial charge in [0.25, 0.3) is 0 Å². The van der Waals surface area contributed by atoms with E-state index < -0.39 is 0 Å². The first-order chi connectivity index (χ1) is 10.1. The molecule has 4 heteroatoms. The fourth-order valence-corrected chi connectivity index (χ4v) is 3.12. The van der Waals surface area contributed by atoms with E-state index in [9.17, 15) is 0 Å². The third-order valence-electron chi connectivity index (χ3n) is 4.28. The standard InChI is InChI=1S/C17H29ClN2O/c1-5-13(6-2)12-20(7-3)15(11-19)17-14(18)9-8-10-16(17)21-4/h8-10,13,15H,5-7,11-12,19H2,1-4H3. The molecule has 0 bridgehead atoms. The summed E-state index contributed by atoms with van der Waals surface area (Å²) >= 11 is 6.42. The molecule has 21 heavy (non-hydrogen) atoms. The molecule has 0 aliphatic rings. The summed E-state index contributed by atoms with van der Waals surface area (Å²) in [5, 5.41) is 0.729. The highest BCUT2D eigenvalue weighted by Gasteiger charge is 2.25. The van der Waals surface area contributed by atoms with Crippen molar-refractivity contribution in [1.29, 1.82) is 0 Å². The summed E-state index contributed by atoms with van der Waals surface area (Å²) in [6.45, 7) is 9.19. The number of likely N-dealkylation sites (N-methyl/N-ethyl adjacent to an activating group) is 1. The Hall–Kier alpha value is -0.770. The first kappa shape index (κ1) is 18.3. The summed E-state index contributed by atoms with van der Waals surface area (Å²) in [4.78, 5) is 2.42. The van der Waals surface area contributed by atoms with Gasteiger partial charge in [0.05, 0.1) is 13.2 Å². The monoisotopic (exact) mass is 312 g/mol. The molecule has 1 aromatic carbocycles. The second kappa shape index (κ2) is 9.29. The minimum Gasteiger partial charge on any atom is -0.496 e. The summed E-state index contributed by atoms with van der Waals surface area (Å²) in [7, 11) is 1.68. The normalized spacial score (nSPS) is 13.0. The van der Waals surface area contributed by atoms with Gasteiger partial charge >= 0.3 is 0 Å². The summed E-state index contributed by atoms with van der Waals surface area (Å²) in [5.41, 5.74) is 7.09. The van der Waals surface area contributed by atoms with E-state index >= 15 is 0 Å². The molecular formula is C17H29ClN2O. The number of nitrogens with two attached hydrogens (primary N) is 1. The molecule has 1 aromatic rings. The van der Waals surface area contributed by atoms with Crippen LogP contribution in [-0.2, 0) is 0 Å². The Labute approximate surface area is 134 Å². The maximum Gasteiger partial charge on any atom is 0.125 e. The van der Waals surface area contributed by atoms with Gasteiger partial charge in [-0.3, -0.25) is 4.90 Å². The fraction of sp³-hybridized carbons (Fsp3) is 0.647. The van der Waals surface area contributed by atoms with Gasteiger partial charge in [-0.25, -0.2) is 0 Å². The molecule has 0 aliphatic carbocycles. The Kier molecular flexibility index (Phi) is 8.09. The Morgan fingerprint density at radius 1 is 1.24 bits per heavy atom. The van der Waals surface area contributed by atoms with Crippen LogP contribution in [0.1, 0.15) is 45.2 Å². The van der Waals surface area contributed by atoms with E-state index in [1.165, 1.54) is 12.8 Å². The van der Waals surface area contributed by atoms with Crippen molar-refractivity contribution in [3.8, 4) is 5.75 Å². The zero-order valence-electron chi connectivity index (χ0n) is 13.7. The van der Waals surface area contributed by atoms with Gasteiger partial charge in [-0.2, -0.15) is 0 Å². The molecule has 3 nitrogen and oxygen atoms in total. The molecule has 0 heterocycles. The van der Waals surface area contributed by atoms with Crippen LogP contribution in [0.3, 0.4) is 0 Å². The predicted octanol–water partition coefficient (Wildman–Crippen LogP) is 4.11. The highest BCUT2D eigenvalue weighted by atomic mass is 35.5. The highest BCUT2D eigenvalue weighted by molar-refractivity contribution is 6.31. The third-order valence-corrected chi connectivity index (χ3v) is 4.61. The van der Waals surface area contributed by atoms with E-state index in [0.717, 1.165) is 29.4 Å². The van der Waals surface area contributed by atoms with Crippen LogP contribution in [-0.4, -0.2) is 31.6 Å². The molecule has 120 valence electrons. The van der Waals surface area contributed by atoms with Crippen LogP contribution in [0.5, 0.6) is 5.75 Å². The van der Waals surface area contributed by atoms with E-state index in [-0.39, 0.29) is 6.04 Å². The van der Waals surface area contributed by atoms with Crippen LogP contribution in [0.2, 0.25) is 5.02 Å². The molecular weight excluding hydrogens is 284 g/mol. The average Bonchev–Trinajstić information content (AvgIpc) is 2.52. The number of nitrogens with zero attached hydrogens (tertiary/aromatic N) is 1. The van der Waals surface area contributed by atoms with Crippen molar-refractivity contribution in [2.45, 2.75) is 39.7 Å². The van der Waals surface area contributed by atoms with Crippen LogP contribution >= 0.6 is 11.6 Å². The largest absolute Gasteiger partial charge is 0.496 e. The maximum atomic E-state index is 6.42. The van der Waals surface area contributed by atoms with Crippen LogP contribution in [0, 0.1) is 5.92 Å². The second-order valence-electron chi connectivity index (χ2n) is 5.38. The number of hydrogen-bond acceptors (Lipinski definition) is 3. The molecule has 0 amide bonds. The lowest BCUT2D eigenvalue weighted by Crippen LogP contribution is -2.37. The van der Waals surface area contributed by atoms with Gasteiger partial charge in [0.2, 0.25) is 0 Å². The van der Waals surface area contributed by atoms with Crippen molar-refractivity contribution in [1.82, 2.24) is 4.90 Å². The lowest BCUT2D eigenvalue weighted by Gasteiger charge is -2.34. The van der Waals surface area contributed by atoms with Crippen molar-refractivity contribution in [3.63, 3.8) is 0 Å². The first-order valence-electron chi connectivity index (χ1n) is 7.89. The Bertz CT molecular complexity index is 421. The van der Waals surface area contributed by atoms with Gasteiger partial charge in [-0.05, 0) is 24.6 Å². The lowest BCUT2D eigenvalue weighted by atomic mass is 9.99. The summed E-state index contributed by atoms with van der Waals surface area (Å²) in [5.74, 6) is 1.51. The van der Waals surface area contributed by atoms with Crippen LogP contribution < -0.4 is 10.5 Å². The van der Waals surface area contributed by atoms with Crippen LogP contribution in [0.4, 0.5) is 0 Å². The molecule has 0 radical (unpaired) electrons. The summed E-state index contributed by atoms with van der Waals surface area (Å²) < 4.78 is 5.49. The van der Waals surface area contributed by atoms with E-state index in [4.69, 9.17) is 22.1 Å². The second-order valence-corrected chi connectivity index (χ2v) is 5.78. The first-order valence-corrected chi connectivity index (χ1v) is 8.27. The topological polar surface area (TPSA) is 38.5 Å². The third kappa shape index (κ3) is 4.60. The predicted molar refractivity (Wildman–Crippen MR) is 91.1 cm³/mol. The minimum absolute atomic E-state index is 0.0965. The highest BCUT2D eigenvalue weighted by Crippen LogP contribution is 2.35. The molecule has 0 saturated carbocycles. The summed E-state index contributed by atoms with van der Waals surface area (Å²) in [6.07, 6.45) is 2.37. The summed E-state index contributed by atoms with van der Waals surface area (Å²) in [6, 6.07) is 5.87. The Morgan fingerprint density at radius 3 is 2.38 bits per heavy atom. The van der Waals surface area contributed by atoms with E-state index in [1.807, 2.05) is 18.2 Å². The van der Waals surface area contributed by atoms with Crippen LogP contribution in [0.25, 0.3) is 0 Å².